The lowest BCUT2D eigenvalue weighted by molar-refractivity contribution is 0.161. The van der Waals surface area contributed by atoms with E-state index < -0.39 is 6.10 Å². The van der Waals surface area contributed by atoms with Gasteiger partial charge in [-0.3, -0.25) is 0 Å². The third-order valence-electron chi connectivity index (χ3n) is 3.44. The molecule has 0 fully saturated rings. The molecule has 0 heterocycles. The lowest BCUT2D eigenvalue weighted by Crippen LogP contribution is -2.07. The second kappa shape index (κ2) is 6.64. The third-order valence-corrected chi connectivity index (χ3v) is 3.44. The van der Waals surface area contributed by atoms with Crippen LogP contribution in [-0.4, -0.2) is 12.2 Å². The fourth-order valence-electron chi connectivity index (χ4n) is 2.32. The van der Waals surface area contributed by atoms with Crippen LogP contribution >= 0.6 is 0 Å². The molecule has 2 aromatic carbocycles. The summed E-state index contributed by atoms with van der Waals surface area (Å²) in [7, 11) is 1.62. The van der Waals surface area contributed by atoms with Crippen molar-refractivity contribution < 1.29 is 14.2 Å². The highest BCUT2D eigenvalue weighted by Crippen LogP contribution is 2.24. The van der Waals surface area contributed by atoms with Gasteiger partial charge in [0, 0.05) is 13.5 Å². The molecular weight excluding hydrogens is 255 g/mol. The Morgan fingerprint density at radius 1 is 1.15 bits per heavy atom. The minimum atomic E-state index is -0.665. The average molecular weight is 274 g/mol. The molecule has 3 heteroatoms. The molecule has 1 atom stereocenters. The first-order valence-corrected chi connectivity index (χ1v) is 6.61. The standard InChI is InChI=1S/C17H19FO2/c1-12-7-8-15(18)9-14(12)10-17(19)16-6-4-3-5-13(16)11-20-2/h3-9,17,19H,10-11H2,1-2H3. The second-order valence-electron chi connectivity index (χ2n) is 4.92. The SMILES string of the molecule is COCc1ccccc1C(O)Cc1cc(F)ccc1C. The van der Waals surface area contributed by atoms with Crippen LogP contribution in [0.3, 0.4) is 0 Å². The Labute approximate surface area is 118 Å². The zero-order valence-electron chi connectivity index (χ0n) is 11.8. The van der Waals surface area contributed by atoms with Crippen molar-refractivity contribution in [2.24, 2.45) is 0 Å². The van der Waals surface area contributed by atoms with E-state index in [0.29, 0.717) is 13.0 Å². The minimum absolute atomic E-state index is 0.275. The maximum absolute atomic E-state index is 13.3. The molecule has 0 radical (unpaired) electrons. The fraction of sp³-hybridized carbons (Fsp3) is 0.294. The van der Waals surface area contributed by atoms with Crippen molar-refractivity contribution >= 4 is 0 Å². The van der Waals surface area contributed by atoms with Crippen LogP contribution in [0.4, 0.5) is 4.39 Å². The largest absolute Gasteiger partial charge is 0.388 e. The van der Waals surface area contributed by atoms with Gasteiger partial charge in [-0.25, -0.2) is 4.39 Å². The maximum Gasteiger partial charge on any atom is 0.123 e. The molecule has 0 spiro atoms. The van der Waals surface area contributed by atoms with E-state index in [1.807, 2.05) is 31.2 Å². The molecule has 0 aliphatic carbocycles. The highest BCUT2D eigenvalue weighted by molar-refractivity contribution is 5.32. The van der Waals surface area contributed by atoms with Crippen LogP contribution in [0.5, 0.6) is 0 Å². The molecule has 0 amide bonds. The first kappa shape index (κ1) is 14.7. The van der Waals surface area contributed by atoms with Crippen molar-refractivity contribution in [3.63, 3.8) is 0 Å². The van der Waals surface area contributed by atoms with Crippen LogP contribution in [0.25, 0.3) is 0 Å². The first-order chi connectivity index (χ1) is 9.61. The van der Waals surface area contributed by atoms with E-state index in [-0.39, 0.29) is 5.82 Å². The average Bonchev–Trinajstić information content (AvgIpc) is 2.44. The number of aliphatic hydroxyl groups is 1. The van der Waals surface area contributed by atoms with Gasteiger partial charge in [0.05, 0.1) is 12.7 Å². The molecule has 0 saturated heterocycles. The summed E-state index contributed by atoms with van der Waals surface area (Å²) in [4.78, 5) is 0. The maximum atomic E-state index is 13.3. The van der Waals surface area contributed by atoms with Crippen LogP contribution < -0.4 is 0 Å². The Hall–Kier alpha value is -1.71. The Balaban J connectivity index is 2.23. The van der Waals surface area contributed by atoms with Gasteiger partial charge in [-0.15, -0.1) is 0 Å². The van der Waals surface area contributed by atoms with E-state index in [4.69, 9.17) is 4.74 Å². The van der Waals surface area contributed by atoms with E-state index in [1.165, 1.54) is 12.1 Å². The number of aryl methyl sites for hydroxylation is 1. The van der Waals surface area contributed by atoms with Gasteiger partial charge in [0.2, 0.25) is 0 Å². The number of rotatable bonds is 5. The monoisotopic (exact) mass is 274 g/mol. The van der Waals surface area contributed by atoms with E-state index in [2.05, 4.69) is 0 Å². The summed E-state index contributed by atoms with van der Waals surface area (Å²) in [6, 6.07) is 12.3. The Kier molecular flexibility index (Phi) is 4.88. The molecule has 20 heavy (non-hydrogen) atoms. The van der Waals surface area contributed by atoms with Crippen molar-refractivity contribution in [1.82, 2.24) is 0 Å². The summed E-state index contributed by atoms with van der Waals surface area (Å²) in [5.41, 5.74) is 3.59. The highest BCUT2D eigenvalue weighted by atomic mass is 19.1. The molecule has 0 saturated carbocycles. The Morgan fingerprint density at radius 3 is 2.65 bits per heavy atom. The topological polar surface area (TPSA) is 29.5 Å². The van der Waals surface area contributed by atoms with Crippen LogP contribution in [0.1, 0.15) is 28.4 Å². The van der Waals surface area contributed by atoms with Gasteiger partial charge in [-0.1, -0.05) is 30.3 Å². The zero-order valence-corrected chi connectivity index (χ0v) is 11.8. The summed E-state index contributed by atoms with van der Waals surface area (Å²) in [5, 5.41) is 10.4. The first-order valence-electron chi connectivity index (χ1n) is 6.61. The molecule has 0 bridgehead atoms. The summed E-state index contributed by atoms with van der Waals surface area (Å²) in [6.07, 6.45) is -0.272. The number of ether oxygens (including phenoxy) is 1. The van der Waals surface area contributed by atoms with Crippen LogP contribution in [0.2, 0.25) is 0 Å². The number of aliphatic hydroxyl groups excluding tert-OH is 1. The van der Waals surface area contributed by atoms with E-state index in [0.717, 1.165) is 22.3 Å². The van der Waals surface area contributed by atoms with Gasteiger partial charge in [-0.2, -0.15) is 0 Å². The van der Waals surface area contributed by atoms with Crippen LogP contribution in [0.15, 0.2) is 42.5 Å². The summed E-state index contributed by atoms with van der Waals surface area (Å²) in [6.45, 7) is 2.37. The molecular formula is C17H19FO2. The molecule has 2 nitrogen and oxygen atoms in total. The number of hydrogen-bond acceptors (Lipinski definition) is 2. The van der Waals surface area contributed by atoms with Gasteiger partial charge in [0.25, 0.3) is 0 Å². The van der Waals surface area contributed by atoms with Gasteiger partial charge < -0.3 is 9.84 Å². The molecule has 1 N–H and O–H groups in total. The molecule has 2 aromatic rings. The molecule has 0 aromatic heterocycles. The highest BCUT2D eigenvalue weighted by Gasteiger charge is 2.14. The van der Waals surface area contributed by atoms with Gasteiger partial charge in [0.1, 0.15) is 5.82 Å². The second-order valence-corrected chi connectivity index (χ2v) is 4.92. The number of methoxy groups -OCH3 is 1. The van der Waals surface area contributed by atoms with E-state index >= 15 is 0 Å². The molecule has 2 rings (SSSR count). The Bertz CT molecular complexity index is 581. The number of hydrogen-bond donors (Lipinski definition) is 1. The van der Waals surface area contributed by atoms with Gasteiger partial charge in [-0.05, 0) is 41.3 Å². The lowest BCUT2D eigenvalue weighted by atomic mass is 9.95. The van der Waals surface area contributed by atoms with Crippen LogP contribution in [-0.2, 0) is 17.8 Å². The van der Waals surface area contributed by atoms with Crippen molar-refractivity contribution in [2.45, 2.75) is 26.1 Å². The van der Waals surface area contributed by atoms with Gasteiger partial charge in [0.15, 0.2) is 0 Å². The number of halogens is 1. The van der Waals surface area contributed by atoms with Crippen molar-refractivity contribution in [1.29, 1.82) is 0 Å². The summed E-state index contributed by atoms with van der Waals surface area (Å²) >= 11 is 0. The molecule has 1 unspecified atom stereocenters. The normalized spacial score (nSPS) is 12.4. The summed E-state index contributed by atoms with van der Waals surface area (Å²) in [5.74, 6) is -0.275. The van der Waals surface area contributed by atoms with Crippen molar-refractivity contribution in [3.05, 3.63) is 70.5 Å². The lowest BCUT2D eigenvalue weighted by Gasteiger charge is -2.16. The predicted octanol–water partition coefficient (Wildman–Crippen LogP) is 3.56. The predicted molar refractivity (Wildman–Crippen MR) is 77.0 cm³/mol. The van der Waals surface area contributed by atoms with Crippen molar-refractivity contribution in [2.75, 3.05) is 7.11 Å². The fourth-order valence-corrected chi connectivity index (χ4v) is 2.32. The number of benzene rings is 2. The zero-order chi connectivity index (χ0) is 14.5. The smallest absolute Gasteiger partial charge is 0.123 e. The van der Waals surface area contributed by atoms with Gasteiger partial charge >= 0.3 is 0 Å². The molecule has 106 valence electrons. The Morgan fingerprint density at radius 2 is 1.90 bits per heavy atom. The van der Waals surface area contributed by atoms with E-state index in [1.54, 1.807) is 13.2 Å². The van der Waals surface area contributed by atoms with Crippen LogP contribution in [0, 0.1) is 12.7 Å². The molecule has 0 aliphatic rings. The molecule has 0 aliphatic heterocycles. The third kappa shape index (κ3) is 3.44. The van der Waals surface area contributed by atoms with Crippen molar-refractivity contribution in [3.8, 4) is 0 Å². The quantitative estimate of drug-likeness (QED) is 0.903. The minimum Gasteiger partial charge on any atom is -0.388 e. The summed E-state index contributed by atoms with van der Waals surface area (Å²) < 4.78 is 18.4. The van der Waals surface area contributed by atoms with E-state index in [9.17, 15) is 9.50 Å².